The Labute approximate surface area is 112 Å². The Morgan fingerprint density at radius 3 is 2.79 bits per heavy atom. The van der Waals surface area contributed by atoms with Gasteiger partial charge in [-0.25, -0.2) is 4.79 Å². The number of alkyl carbamates (subject to hydrolysis) is 1. The normalized spacial score (nSPS) is 18.1. The Morgan fingerprint density at radius 2 is 2.16 bits per heavy atom. The molecule has 4 heteroatoms. The van der Waals surface area contributed by atoms with Gasteiger partial charge in [-0.1, -0.05) is 42.5 Å². The van der Waals surface area contributed by atoms with Gasteiger partial charge in [-0.2, -0.15) is 0 Å². The maximum Gasteiger partial charge on any atom is 0.407 e. The molecule has 1 saturated carbocycles. The van der Waals surface area contributed by atoms with E-state index in [0.29, 0.717) is 19.4 Å². The predicted molar refractivity (Wildman–Crippen MR) is 72.6 cm³/mol. The molecule has 1 fully saturated rings. The van der Waals surface area contributed by atoms with Gasteiger partial charge in [-0.15, -0.1) is 0 Å². The van der Waals surface area contributed by atoms with Crippen LogP contribution in [0.3, 0.4) is 0 Å². The molecule has 1 amide bonds. The van der Waals surface area contributed by atoms with E-state index >= 15 is 0 Å². The van der Waals surface area contributed by atoms with Gasteiger partial charge in [-0.3, -0.25) is 4.79 Å². The molecule has 0 unspecified atom stereocenters. The zero-order chi connectivity index (χ0) is 13.5. The summed E-state index contributed by atoms with van der Waals surface area (Å²) in [6.07, 6.45) is 5.37. The summed E-state index contributed by atoms with van der Waals surface area (Å²) in [5.41, 5.74) is 1.12. The first-order chi connectivity index (χ1) is 9.25. The molecule has 0 heterocycles. The molecular formula is C15H17NO3. The lowest BCUT2D eigenvalue weighted by Crippen LogP contribution is -2.47. The quantitative estimate of drug-likeness (QED) is 0.827. The average Bonchev–Trinajstić information content (AvgIpc) is 2.44. The number of ether oxygens (including phenoxy) is 1. The molecule has 1 aromatic rings. The highest BCUT2D eigenvalue weighted by molar-refractivity contribution is 5.92. The van der Waals surface area contributed by atoms with Crippen molar-refractivity contribution in [3.8, 4) is 0 Å². The summed E-state index contributed by atoms with van der Waals surface area (Å²) < 4.78 is 4.98. The summed E-state index contributed by atoms with van der Waals surface area (Å²) in [6, 6.07) is 9.59. The van der Waals surface area contributed by atoms with Crippen molar-refractivity contribution in [3.63, 3.8) is 0 Å². The van der Waals surface area contributed by atoms with Crippen LogP contribution in [0.1, 0.15) is 24.8 Å². The third-order valence-electron chi connectivity index (χ3n) is 2.99. The molecule has 2 rings (SSSR count). The van der Waals surface area contributed by atoms with Crippen LogP contribution in [0.4, 0.5) is 4.79 Å². The van der Waals surface area contributed by atoms with Crippen molar-refractivity contribution in [1.29, 1.82) is 0 Å². The number of nitrogens with one attached hydrogen (secondary N) is 1. The molecule has 1 aromatic carbocycles. The maximum absolute atomic E-state index is 11.3. The van der Waals surface area contributed by atoms with E-state index in [4.69, 9.17) is 4.74 Å². The summed E-state index contributed by atoms with van der Waals surface area (Å²) in [4.78, 5) is 22.3. The highest BCUT2D eigenvalue weighted by atomic mass is 16.5. The minimum Gasteiger partial charge on any atom is -0.449 e. The van der Waals surface area contributed by atoms with Gasteiger partial charge in [0.25, 0.3) is 0 Å². The fourth-order valence-electron chi connectivity index (χ4n) is 1.75. The second kappa shape index (κ2) is 6.73. The Morgan fingerprint density at radius 1 is 1.37 bits per heavy atom. The summed E-state index contributed by atoms with van der Waals surface area (Å²) in [6.45, 7) is 0.316. The molecule has 0 spiro atoms. The van der Waals surface area contributed by atoms with Crippen LogP contribution in [0.2, 0.25) is 0 Å². The smallest absolute Gasteiger partial charge is 0.407 e. The van der Waals surface area contributed by atoms with Gasteiger partial charge in [0, 0.05) is 6.42 Å². The van der Waals surface area contributed by atoms with E-state index in [1.807, 2.05) is 42.5 Å². The molecule has 0 bridgehead atoms. The lowest BCUT2D eigenvalue weighted by Gasteiger charge is -2.24. The van der Waals surface area contributed by atoms with E-state index in [2.05, 4.69) is 5.32 Å². The van der Waals surface area contributed by atoms with Gasteiger partial charge >= 0.3 is 6.09 Å². The minimum atomic E-state index is -0.508. The van der Waals surface area contributed by atoms with E-state index in [-0.39, 0.29) is 11.8 Å². The highest BCUT2D eigenvalue weighted by Gasteiger charge is 2.29. The minimum absolute atomic E-state index is 0.0842. The summed E-state index contributed by atoms with van der Waals surface area (Å²) in [5.74, 6) is 0.0842. The van der Waals surface area contributed by atoms with Crippen LogP contribution >= 0.6 is 0 Å². The van der Waals surface area contributed by atoms with Crippen LogP contribution in [0, 0.1) is 0 Å². The maximum atomic E-state index is 11.3. The van der Waals surface area contributed by atoms with Crippen LogP contribution in [-0.4, -0.2) is 24.5 Å². The van der Waals surface area contributed by atoms with Crippen LogP contribution in [0.5, 0.6) is 0 Å². The van der Waals surface area contributed by atoms with Crippen LogP contribution in [0.25, 0.3) is 6.08 Å². The first-order valence-corrected chi connectivity index (χ1v) is 6.43. The largest absolute Gasteiger partial charge is 0.449 e. The number of carbonyl (C=O) groups is 2. The first-order valence-electron chi connectivity index (χ1n) is 6.43. The molecule has 4 nitrogen and oxygen atoms in total. The summed E-state index contributed by atoms with van der Waals surface area (Å²) in [7, 11) is 0. The highest BCUT2D eigenvalue weighted by Crippen LogP contribution is 2.13. The van der Waals surface area contributed by atoms with E-state index < -0.39 is 6.09 Å². The number of ketones is 1. The van der Waals surface area contributed by atoms with Gasteiger partial charge in [0.05, 0.1) is 12.6 Å². The Kier molecular flexibility index (Phi) is 4.72. The topological polar surface area (TPSA) is 55.4 Å². The first kappa shape index (κ1) is 13.3. The van der Waals surface area contributed by atoms with Crippen molar-refractivity contribution in [1.82, 2.24) is 5.32 Å². The van der Waals surface area contributed by atoms with Gasteiger partial charge in [0.1, 0.15) is 0 Å². The zero-order valence-electron chi connectivity index (χ0n) is 10.7. The van der Waals surface area contributed by atoms with Gasteiger partial charge in [0.2, 0.25) is 0 Å². The van der Waals surface area contributed by atoms with Crippen LogP contribution in [-0.2, 0) is 9.53 Å². The monoisotopic (exact) mass is 259 g/mol. The average molecular weight is 259 g/mol. The second-order valence-electron chi connectivity index (χ2n) is 4.44. The SMILES string of the molecule is O=C(N[C@H]1CCC1=O)OCC/C=C\c1ccccc1. The van der Waals surface area contributed by atoms with Crippen molar-refractivity contribution >= 4 is 18.0 Å². The lowest BCUT2D eigenvalue weighted by atomic mass is 9.91. The van der Waals surface area contributed by atoms with Crippen molar-refractivity contribution < 1.29 is 14.3 Å². The van der Waals surface area contributed by atoms with Crippen molar-refractivity contribution in [2.24, 2.45) is 0 Å². The number of benzene rings is 1. The number of Topliss-reactive ketones (excluding diaryl/α,β-unsaturated/α-hetero) is 1. The number of hydrogen-bond donors (Lipinski definition) is 1. The predicted octanol–water partition coefficient (Wildman–Crippen LogP) is 2.55. The van der Waals surface area contributed by atoms with E-state index in [1.165, 1.54) is 0 Å². The lowest BCUT2D eigenvalue weighted by molar-refractivity contribution is -0.126. The molecule has 1 aliphatic rings. The molecule has 0 aromatic heterocycles. The van der Waals surface area contributed by atoms with E-state index in [9.17, 15) is 9.59 Å². The second-order valence-corrected chi connectivity index (χ2v) is 4.44. The summed E-state index contributed by atoms with van der Waals surface area (Å²) in [5, 5.41) is 2.54. The third kappa shape index (κ3) is 4.25. The molecule has 100 valence electrons. The Bertz CT molecular complexity index is 468. The molecule has 1 atom stereocenters. The molecule has 0 aliphatic heterocycles. The zero-order valence-corrected chi connectivity index (χ0v) is 10.7. The fraction of sp³-hybridized carbons (Fsp3) is 0.333. The molecular weight excluding hydrogens is 242 g/mol. The number of carbonyl (C=O) groups excluding carboxylic acids is 2. The molecule has 0 radical (unpaired) electrons. The molecule has 0 saturated heterocycles. The van der Waals surface area contributed by atoms with Crippen molar-refractivity contribution in [3.05, 3.63) is 42.0 Å². The number of hydrogen-bond acceptors (Lipinski definition) is 3. The molecule has 1 N–H and O–H groups in total. The van der Waals surface area contributed by atoms with E-state index in [1.54, 1.807) is 0 Å². The summed E-state index contributed by atoms with van der Waals surface area (Å²) >= 11 is 0. The van der Waals surface area contributed by atoms with Crippen LogP contribution < -0.4 is 5.32 Å². The van der Waals surface area contributed by atoms with E-state index in [0.717, 1.165) is 12.0 Å². The Hall–Kier alpha value is -2.10. The third-order valence-corrected chi connectivity index (χ3v) is 2.99. The molecule has 19 heavy (non-hydrogen) atoms. The van der Waals surface area contributed by atoms with Gasteiger partial charge < -0.3 is 10.1 Å². The van der Waals surface area contributed by atoms with Crippen molar-refractivity contribution in [2.75, 3.05) is 6.61 Å². The van der Waals surface area contributed by atoms with Crippen molar-refractivity contribution in [2.45, 2.75) is 25.3 Å². The van der Waals surface area contributed by atoms with Gasteiger partial charge in [0.15, 0.2) is 5.78 Å². The Balaban J connectivity index is 1.60. The number of rotatable bonds is 5. The molecule has 1 aliphatic carbocycles. The van der Waals surface area contributed by atoms with Crippen LogP contribution in [0.15, 0.2) is 36.4 Å². The van der Waals surface area contributed by atoms with Gasteiger partial charge in [-0.05, 0) is 18.4 Å². The standard InChI is InChI=1S/C15H17NO3/c17-14-10-9-13(14)16-15(18)19-11-5-4-8-12-6-2-1-3-7-12/h1-4,6-8,13H,5,9-11H2,(H,16,18)/b8-4-/t13-/m0/s1. The number of amides is 1. The fourth-order valence-corrected chi connectivity index (χ4v) is 1.75.